The summed E-state index contributed by atoms with van der Waals surface area (Å²) in [5.74, 6) is -7.91. The number of allylic oxidation sites excluding steroid dienone is 4. The van der Waals surface area contributed by atoms with Crippen molar-refractivity contribution < 1.29 is 31.8 Å². The molecule has 1 aromatic rings. The van der Waals surface area contributed by atoms with E-state index in [9.17, 15) is 17.6 Å². The molecule has 0 bridgehead atoms. The molecule has 0 unspecified atom stereocenters. The van der Waals surface area contributed by atoms with Crippen molar-refractivity contribution in [3.8, 4) is 5.75 Å². The van der Waals surface area contributed by atoms with Crippen LogP contribution in [-0.2, 0) is 9.47 Å². The Balaban J connectivity index is 1.88. The van der Waals surface area contributed by atoms with Crippen LogP contribution in [0, 0.1) is 23.3 Å². The number of unbranched alkanes of at least 4 members (excludes halogenated alkanes) is 1. The summed E-state index contributed by atoms with van der Waals surface area (Å²) in [7, 11) is 0. The SMILES string of the molecule is CCCCOCCOCCOc1c(F)c(F)c(C2C=CC=C2)c(F)c1F. The van der Waals surface area contributed by atoms with E-state index in [1.54, 1.807) is 12.2 Å². The summed E-state index contributed by atoms with van der Waals surface area (Å²) in [6, 6.07) is 0. The van der Waals surface area contributed by atoms with Crippen LogP contribution < -0.4 is 4.74 Å². The standard InChI is InChI=1S/C19H22F4O3/c1-2-3-8-24-9-10-25-11-12-26-19-17(22)15(20)14(16(21)18(19)23)13-6-4-5-7-13/h4-7,13H,2-3,8-12H2,1H3. The van der Waals surface area contributed by atoms with Gasteiger partial charge in [-0.3, -0.25) is 0 Å². The van der Waals surface area contributed by atoms with Gasteiger partial charge in [0.1, 0.15) is 6.61 Å². The van der Waals surface area contributed by atoms with Crippen molar-refractivity contribution in [1.82, 2.24) is 0 Å². The maximum absolute atomic E-state index is 14.2. The van der Waals surface area contributed by atoms with Crippen molar-refractivity contribution in [1.29, 1.82) is 0 Å². The van der Waals surface area contributed by atoms with Crippen LogP contribution in [0.1, 0.15) is 31.2 Å². The molecule has 0 radical (unpaired) electrons. The van der Waals surface area contributed by atoms with Gasteiger partial charge < -0.3 is 14.2 Å². The Morgan fingerprint density at radius 1 is 0.769 bits per heavy atom. The van der Waals surface area contributed by atoms with E-state index in [0.29, 0.717) is 19.8 Å². The van der Waals surface area contributed by atoms with Gasteiger partial charge in [0.05, 0.1) is 19.8 Å². The molecular weight excluding hydrogens is 352 g/mol. The minimum Gasteiger partial charge on any atom is -0.485 e. The summed E-state index contributed by atoms with van der Waals surface area (Å²) in [6.07, 6.45) is 7.97. The van der Waals surface area contributed by atoms with Gasteiger partial charge in [0.25, 0.3) is 0 Å². The summed E-state index contributed by atoms with van der Waals surface area (Å²) < 4.78 is 71.8. The summed E-state index contributed by atoms with van der Waals surface area (Å²) >= 11 is 0. The fourth-order valence-electron chi connectivity index (χ4n) is 2.44. The van der Waals surface area contributed by atoms with Gasteiger partial charge in [0, 0.05) is 18.1 Å². The molecule has 0 aromatic heterocycles. The first-order chi connectivity index (χ1) is 12.6. The van der Waals surface area contributed by atoms with Gasteiger partial charge >= 0.3 is 0 Å². The molecule has 1 aliphatic rings. The normalized spacial score (nSPS) is 13.7. The number of benzene rings is 1. The fourth-order valence-corrected chi connectivity index (χ4v) is 2.44. The van der Waals surface area contributed by atoms with E-state index in [1.165, 1.54) is 12.2 Å². The Kier molecular flexibility index (Phi) is 8.12. The van der Waals surface area contributed by atoms with Crippen LogP contribution in [0.3, 0.4) is 0 Å². The summed E-state index contributed by atoms with van der Waals surface area (Å²) in [6.45, 7) is 3.14. The molecular formula is C19H22F4O3. The van der Waals surface area contributed by atoms with Gasteiger partial charge in [-0.15, -0.1) is 0 Å². The average Bonchev–Trinajstić information content (AvgIpc) is 3.15. The van der Waals surface area contributed by atoms with Crippen molar-refractivity contribution in [3.63, 3.8) is 0 Å². The molecule has 0 N–H and O–H groups in total. The zero-order valence-corrected chi connectivity index (χ0v) is 14.6. The fraction of sp³-hybridized carbons (Fsp3) is 0.474. The van der Waals surface area contributed by atoms with E-state index in [1.807, 2.05) is 0 Å². The molecule has 0 saturated heterocycles. The lowest BCUT2D eigenvalue weighted by Crippen LogP contribution is -2.14. The second-order valence-corrected chi connectivity index (χ2v) is 5.72. The Labute approximate surface area is 150 Å². The number of halogens is 4. The van der Waals surface area contributed by atoms with E-state index in [2.05, 4.69) is 6.92 Å². The van der Waals surface area contributed by atoms with Crippen LogP contribution in [0.15, 0.2) is 24.3 Å². The molecule has 0 saturated carbocycles. The molecule has 2 rings (SSSR count). The van der Waals surface area contributed by atoms with E-state index in [4.69, 9.17) is 14.2 Å². The molecule has 1 aromatic carbocycles. The summed E-state index contributed by atoms with van der Waals surface area (Å²) in [5.41, 5.74) is -0.669. The highest BCUT2D eigenvalue weighted by molar-refractivity contribution is 5.42. The van der Waals surface area contributed by atoms with Crippen LogP contribution in [0.5, 0.6) is 5.75 Å². The maximum atomic E-state index is 14.2. The third-order valence-corrected chi connectivity index (χ3v) is 3.83. The van der Waals surface area contributed by atoms with Crippen LogP contribution in [0.2, 0.25) is 0 Å². The molecule has 3 nitrogen and oxygen atoms in total. The van der Waals surface area contributed by atoms with Crippen molar-refractivity contribution in [2.45, 2.75) is 25.7 Å². The molecule has 0 aliphatic heterocycles. The zero-order valence-electron chi connectivity index (χ0n) is 14.6. The molecule has 0 amide bonds. The van der Waals surface area contributed by atoms with Crippen molar-refractivity contribution >= 4 is 0 Å². The van der Waals surface area contributed by atoms with Crippen LogP contribution in [0.4, 0.5) is 17.6 Å². The molecule has 0 atom stereocenters. The topological polar surface area (TPSA) is 27.7 Å². The number of hydrogen-bond donors (Lipinski definition) is 0. The first kappa shape index (κ1) is 20.5. The summed E-state index contributed by atoms with van der Waals surface area (Å²) in [4.78, 5) is 0. The van der Waals surface area contributed by atoms with Crippen LogP contribution in [-0.4, -0.2) is 33.0 Å². The largest absolute Gasteiger partial charge is 0.485 e. The van der Waals surface area contributed by atoms with E-state index < -0.39 is 40.5 Å². The number of rotatable bonds is 11. The Hall–Kier alpha value is -1.86. The third kappa shape index (κ3) is 5.08. The number of ether oxygens (including phenoxy) is 3. The minimum absolute atomic E-state index is 0.00904. The average molecular weight is 374 g/mol. The Morgan fingerprint density at radius 2 is 1.31 bits per heavy atom. The Morgan fingerprint density at radius 3 is 1.88 bits per heavy atom. The van der Waals surface area contributed by atoms with Crippen LogP contribution >= 0.6 is 0 Å². The van der Waals surface area contributed by atoms with Crippen molar-refractivity contribution in [2.24, 2.45) is 0 Å². The van der Waals surface area contributed by atoms with Crippen molar-refractivity contribution in [3.05, 3.63) is 53.1 Å². The predicted molar refractivity (Wildman–Crippen MR) is 89.3 cm³/mol. The molecule has 0 spiro atoms. The number of hydrogen-bond acceptors (Lipinski definition) is 3. The smallest absolute Gasteiger partial charge is 0.204 e. The lowest BCUT2D eigenvalue weighted by Gasteiger charge is -2.15. The highest BCUT2D eigenvalue weighted by Gasteiger charge is 2.29. The Bertz CT molecular complexity index is 618. The van der Waals surface area contributed by atoms with E-state index in [0.717, 1.165) is 12.8 Å². The first-order valence-corrected chi connectivity index (χ1v) is 8.57. The van der Waals surface area contributed by atoms with Crippen LogP contribution in [0.25, 0.3) is 0 Å². The van der Waals surface area contributed by atoms with E-state index in [-0.39, 0.29) is 13.2 Å². The third-order valence-electron chi connectivity index (χ3n) is 3.83. The lowest BCUT2D eigenvalue weighted by atomic mass is 9.98. The molecule has 144 valence electrons. The molecule has 0 heterocycles. The zero-order chi connectivity index (χ0) is 18.9. The molecule has 0 fully saturated rings. The summed E-state index contributed by atoms with van der Waals surface area (Å²) in [5, 5.41) is 0. The van der Waals surface area contributed by atoms with Gasteiger partial charge in [-0.05, 0) is 6.42 Å². The maximum Gasteiger partial charge on any atom is 0.204 e. The minimum atomic E-state index is -1.55. The quantitative estimate of drug-likeness (QED) is 0.320. The highest BCUT2D eigenvalue weighted by Crippen LogP contribution is 2.36. The van der Waals surface area contributed by atoms with Gasteiger partial charge in [-0.25, -0.2) is 8.78 Å². The van der Waals surface area contributed by atoms with Gasteiger partial charge in [0.2, 0.25) is 11.6 Å². The second kappa shape index (κ2) is 10.3. The monoisotopic (exact) mass is 374 g/mol. The molecule has 7 heteroatoms. The highest BCUT2D eigenvalue weighted by atomic mass is 19.2. The second-order valence-electron chi connectivity index (χ2n) is 5.72. The molecule has 26 heavy (non-hydrogen) atoms. The van der Waals surface area contributed by atoms with Gasteiger partial charge in [0.15, 0.2) is 17.4 Å². The first-order valence-electron chi connectivity index (χ1n) is 8.57. The lowest BCUT2D eigenvalue weighted by molar-refractivity contribution is 0.0345. The van der Waals surface area contributed by atoms with Gasteiger partial charge in [-0.2, -0.15) is 8.78 Å². The van der Waals surface area contributed by atoms with Gasteiger partial charge in [-0.1, -0.05) is 37.6 Å². The predicted octanol–water partition coefficient (Wildman–Crippen LogP) is 4.66. The van der Waals surface area contributed by atoms with E-state index >= 15 is 0 Å². The van der Waals surface area contributed by atoms with Crippen molar-refractivity contribution in [2.75, 3.05) is 33.0 Å². The molecule has 1 aliphatic carbocycles.